The number of aromatic nitrogens is 1. The minimum Gasteiger partial charge on any atom is -0.507 e. The van der Waals surface area contributed by atoms with E-state index in [4.69, 9.17) is 9.15 Å². The first-order chi connectivity index (χ1) is 15.8. The number of Topliss-reactive ketones (excluding diaryl/α,β-unsaturated/α-hetero) is 1. The van der Waals surface area contributed by atoms with E-state index in [0.29, 0.717) is 22.8 Å². The first kappa shape index (κ1) is 22.3. The number of aliphatic hydroxyl groups excluding tert-OH is 1. The number of rotatable bonds is 6. The molecule has 0 aliphatic carbocycles. The molecule has 1 amide bonds. The number of amides is 1. The van der Waals surface area contributed by atoms with Gasteiger partial charge in [-0.1, -0.05) is 19.9 Å². The molecule has 4 rings (SSSR count). The van der Waals surface area contributed by atoms with Crippen molar-refractivity contribution in [2.24, 2.45) is 0 Å². The zero-order valence-corrected chi connectivity index (χ0v) is 19.0. The zero-order chi connectivity index (χ0) is 23.7. The van der Waals surface area contributed by atoms with Crippen molar-refractivity contribution in [3.63, 3.8) is 0 Å². The molecule has 1 aliphatic rings. The van der Waals surface area contributed by atoms with E-state index in [-0.39, 0.29) is 23.8 Å². The van der Waals surface area contributed by atoms with Crippen LogP contribution in [0.1, 0.15) is 54.0 Å². The van der Waals surface area contributed by atoms with Gasteiger partial charge in [0, 0.05) is 11.8 Å². The molecule has 1 aromatic carbocycles. The van der Waals surface area contributed by atoms with Crippen molar-refractivity contribution in [1.29, 1.82) is 0 Å². The fraction of sp³-hybridized carbons (Fsp3) is 0.269. The third-order valence-corrected chi connectivity index (χ3v) is 5.86. The number of pyridine rings is 1. The van der Waals surface area contributed by atoms with Crippen LogP contribution in [0, 0.1) is 6.92 Å². The number of aryl methyl sites for hydroxylation is 1. The number of likely N-dealkylation sites (tertiary alicyclic amines) is 1. The molecule has 0 saturated carbocycles. The quantitative estimate of drug-likeness (QED) is 0.334. The van der Waals surface area contributed by atoms with Gasteiger partial charge in [0.25, 0.3) is 11.7 Å². The van der Waals surface area contributed by atoms with E-state index in [0.717, 1.165) is 11.1 Å². The summed E-state index contributed by atoms with van der Waals surface area (Å²) in [7, 11) is 1.60. The molecule has 1 aliphatic heterocycles. The Bertz CT molecular complexity index is 1210. The van der Waals surface area contributed by atoms with Gasteiger partial charge in [0.05, 0.1) is 31.2 Å². The van der Waals surface area contributed by atoms with E-state index in [1.165, 1.54) is 11.2 Å². The Morgan fingerprint density at radius 1 is 1.21 bits per heavy atom. The molecule has 1 atom stereocenters. The van der Waals surface area contributed by atoms with E-state index < -0.39 is 17.7 Å². The van der Waals surface area contributed by atoms with Crippen LogP contribution in [0.25, 0.3) is 5.76 Å². The number of nitrogens with zero attached hydrogens (tertiary/aromatic N) is 2. The van der Waals surface area contributed by atoms with Gasteiger partial charge in [-0.25, -0.2) is 0 Å². The predicted octanol–water partition coefficient (Wildman–Crippen LogP) is 4.74. The number of furan rings is 1. The van der Waals surface area contributed by atoms with Gasteiger partial charge < -0.3 is 19.2 Å². The number of methoxy groups -OCH3 is 1. The van der Waals surface area contributed by atoms with Gasteiger partial charge in [-0.05, 0) is 60.4 Å². The summed E-state index contributed by atoms with van der Waals surface area (Å²) in [6, 6.07) is 11.5. The van der Waals surface area contributed by atoms with E-state index in [1.54, 1.807) is 37.6 Å². The minimum atomic E-state index is -0.869. The number of benzene rings is 1. The van der Waals surface area contributed by atoms with Crippen molar-refractivity contribution < 1.29 is 23.8 Å². The molecule has 1 fully saturated rings. The Kier molecular flexibility index (Phi) is 6.05. The monoisotopic (exact) mass is 446 g/mol. The third-order valence-electron chi connectivity index (χ3n) is 5.86. The highest BCUT2D eigenvalue weighted by Crippen LogP contribution is 2.42. The third kappa shape index (κ3) is 4.02. The summed E-state index contributed by atoms with van der Waals surface area (Å²) in [5, 5.41) is 11.4. The number of carbonyl (C=O) groups is 2. The first-order valence-electron chi connectivity index (χ1n) is 10.7. The van der Waals surface area contributed by atoms with Gasteiger partial charge in [0.1, 0.15) is 23.3 Å². The summed E-state index contributed by atoms with van der Waals surface area (Å²) < 4.78 is 11.1. The van der Waals surface area contributed by atoms with Crippen LogP contribution in [0.15, 0.2) is 64.9 Å². The van der Waals surface area contributed by atoms with Gasteiger partial charge in [-0.3, -0.25) is 14.6 Å². The summed E-state index contributed by atoms with van der Waals surface area (Å²) in [5.41, 5.74) is 2.71. The summed E-state index contributed by atoms with van der Waals surface area (Å²) in [5.74, 6) is -0.482. The lowest BCUT2D eigenvalue weighted by Crippen LogP contribution is -2.29. The van der Waals surface area contributed by atoms with Crippen molar-refractivity contribution in [3.8, 4) is 5.75 Å². The summed E-state index contributed by atoms with van der Waals surface area (Å²) >= 11 is 0. The smallest absolute Gasteiger partial charge is 0.296 e. The number of hydrogen-bond donors (Lipinski definition) is 1. The largest absolute Gasteiger partial charge is 0.507 e. The Balaban J connectivity index is 1.88. The highest BCUT2D eigenvalue weighted by molar-refractivity contribution is 6.46. The molecule has 3 aromatic rings. The van der Waals surface area contributed by atoms with Crippen LogP contribution in [0.3, 0.4) is 0 Å². The SMILES string of the molecule is COc1cc(C)c(/C(O)=C2\C(=O)C(=O)N(Cc3ccccn3)C2c2ccco2)cc1C(C)C. The molecule has 0 radical (unpaired) electrons. The van der Waals surface area contributed by atoms with Crippen LogP contribution in [-0.2, 0) is 16.1 Å². The molecular formula is C26H26N2O5. The molecule has 0 bridgehead atoms. The van der Waals surface area contributed by atoms with Crippen LogP contribution < -0.4 is 4.74 Å². The number of hydrogen-bond acceptors (Lipinski definition) is 6. The van der Waals surface area contributed by atoms with Gasteiger partial charge in [0.2, 0.25) is 0 Å². The maximum absolute atomic E-state index is 13.2. The van der Waals surface area contributed by atoms with E-state index in [9.17, 15) is 14.7 Å². The van der Waals surface area contributed by atoms with Crippen molar-refractivity contribution in [2.75, 3.05) is 7.11 Å². The lowest BCUT2D eigenvalue weighted by Gasteiger charge is -2.23. The average molecular weight is 447 g/mol. The zero-order valence-electron chi connectivity index (χ0n) is 19.0. The molecule has 1 N–H and O–H groups in total. The van der Waals surface area contributed by atoms with Gasteiger partial charge >= 0.3 is 0 Å². The molecule has 33 heavy (non-hydrogen) atoms. The van der Waals surface area contributed by atoms with Crippen molar-refractivity contribution in [2.45, 2.75) is 39.3 Å². The molecular weight excluding hydrogens is 420 g/mol. The number of aliphatic hydroxyl groups is 1. The van der Waals surface area contributed by atoms with Crippen LogP contribution in [0.4, 0.5) is 0 Å². The molecule has 1 unspecified atom stereocenters. The fourth-order valence-corrected chi connectivity index (χ4v) is 4.18. The summed E-state index contributed by atoms with van der Waals surface area (Å²) in [6.07, 6.45) is 3.10. The summed E-state index contributed by atoms with van der Waals surface area (Å²) in [6.45, 7) is 5.97. The molecule has 1 saturated heterocycles. The highest BCUT2D eigenvalue weighted by atomic mass is 16.5. The van der Waals surface area contributed by atoms with Crippen LogP contribution >= 0.6 is 0 Å². The predicted molar refractivity (Wildman–Crippen MR) is 123 cm³/mol. The maximum atomic E-state index is 13.2. The second-order valence-electron chi connectivity index (χ2n) is 8.33. The standard InChI is InChI=1S/C26H26N2O5/c1-15(2)18-13-19(16(3)12-21(18)32-4)24(29)22-23(20-9-7-11-33-20)28(26(31)25(22)30)14-17-8-5-6-10-27-17/h5-13,15,23,29H,14H2,1-4H3/b24-22+. The van der Waals surface area contributed by atoms with Crippen molar-refractivity contribution >= 4 is 17.4 Å². The average Bonchev–Trinajstić information content (AvgIpc) is 3.41. The molecule has 0 spiro atoms. The number of ether oxygens (including phenoxy) is 1. The molecule has 3 heterocycles. The second kappa shape index (κ2) is 8.94. The molecule has 170 valence electrons. The number of ketones is 1. The van der Waals surface area contributed by atoms with E-state index >= 15 is 0 Å². The lowest BCUT2D eigenvalue weighted by molar-refractivity contribution is -0.140. The van der Waals surface area contributed by atoms with Crippen LogP contribution in [0.5, 0.6) is 5.75 Å². The van der Waals surface area contributed by atoms with Gasteiger partial charge in [0.15, 0.2) is 0 Å². The van der Waals surface area contributed by atoms with E-state index in [1.807, 2.05) is 39.0 Å². The molecule has 2 aromatic heterocycles. The Hall–Kier alpha value is -3.87. The Morgan fingerprint density at radius 2 is 2.00 bits per heavy atom. The van der Waals surface area contributed by atoms with Crippen LogP contribution in [-0.4, -0.2) is 33.8 Å². The second-order valence-corrected chi connectivity index (χ2v) is 8.33. The summed E-state index contributed by atoms with van der Waals surface area (Å²) in [4.78, 5) is 31.9. The Labute approximate surface area is 192 Å². The lowest BCUT2D eigenvalue weighted by atomic mass is 9.92. The first-order valence-corrected chi connectivity index (χ1v) is 10.7. The highest BCUT2D eigenvalue weighted by Gasteiger charge is 2.47. The minimum absolute atomic E-state index is 0.00569. The normalized spacial score (nSPS) is 17.7. The topological polar surface area (TPSA) is 92.9 Å². The van der Waals surface area contributed by atoms with Crippen LogP contribution in [0.2, 0.25) is 0 Å². The fourth-order valence-electron chi connectivity index (χ4n) is 4.18. The van der Waals surface area contributed by atoms with E-state index in [2.05, 4.69) is 4.98 Å². The molecule has 7 nitrogen and oxygen atoms in total. The number of carbonyl (C=O) groups excluding carboxylic acids is 2. The molecule has 7 heteroatoms. The maximum Gasteiger partial charge on any atom is 0.296 e. The Morgan fingerprint density at radius 3 is 2.61 bits per heavy atom. The van der Waals surface area contributed by atoms with Gasteiger partial charge in [-0.15, -0.1) is 0 Å². The van der Waals surface area contributed by atoms with Crippen molar-refractivity contribution in [3.05, 3.63) is 88.6 Å². The van der Waals surface area contributed by atoms with Gasteiger partial charge in [-0.2, -0.15) is 0 Å². The van der Waals surface area contributed by atoms with Crippen molar-refractivity contribution in [1.82, 2.24) is 9.88 Å².